The predicted molar refractivity (Wildman–Crippen MR) is 77.7 cm³/mol. The zero-order chi connectivity index (χ0) is 16.7. The van der Waals surface area contributed by atoms with Gasteiger partial charge in [0.25, 0.3) is 0 Å². The highest BCUT2D eigenvalue weighted by Gasteiger charge is 2.44. The number of ether oxygens (including phenoxy) is 2. The SMILES string of the molecule is Cl.FC(F)(F)C[C@H](c1ccc2c(c1)OC(F)(F)O2)N1CCNCC1. The maximum Gasteiger partial charge on any atom is 0.586 e. The number of alkyl halides is 5. The van der Waals surface area contributed by atoms with Crippen molar-refractivity contribution in [3.05, 3.63) is 23.8 Å². The molecule has 0 spiro atoms. The van der Waals surface area contributed by atoms with E-state index in [-0.39, 0.29) is 29.5 Å². The summed E-state index contributed by atoms with van der Waals surface area (Å²) in [6, 6.07) is 2.86. The molecule has 1 atom stereocenters. The summed E-state index contributed by atoms with van der Waals surface area (Å²) >= 11 is 0. The van der Waals surface area contributed by atoms with E-state index in [9.17, 15) is 22.0 Å². The van der Waals surface area contributed by atoms with E-state index in [0.29, 0.717) is 26.2 Å². The summed E-state index contributed by atoms with van der Waals surface area (Å²) in [5, 5.41) is 3.07. The van der Waals surface area contributed by atoms with Gasteiger partial charge in [-0.3, -0.25) is 4.90 Å². The molecule has 0 aliphatic carbocycles. The molecule has 2 heterocycles. The van der Waals surface area contributed by atoms with E-state index in [1.54, 1.807) is 4.90 Å². The Morgan fingerprint density at radius 1 is 1.12 bits per heavy atom. The molecule has 1 N–H and O–H groups in total. The smallest absolute Gasteiger partial charge is 0.395 e. The summed E-state index contributed by atoms with van der Waals surface area (Å²) in [4.78, 5) is 1.69. The fourth-order valence-electron chi connectivity index (χ4n) is 2.84. The quantitative estimate of drug-likeness (QED) is 0.823. The summed E-state index contributed by atoms with van der Waals surface area (Å²) in [5.41, 5.74) is 0.282. The highest BCUT2D eigenvalue weighted by atomic mass is 35.5. The maximum atomic E-state index is 13.1. The minimum Gasteiger partial charge on any atom is -0.395 e. The molecule has 0 amide bonds. The van der Waals surface area contributed by atoms with Gasteiger partial charge in [0.1, 0.15) is 0 Å². The van der Waals surface area contributed by atoms with Crippen LogP contribution in [0.2, 0.25) is 0 Å². The van der Waals surface area contributed by atoms with Crippen molar-refractivity contribution in [3.63, 3.8) is 0 Å². The van der Waals surface area contributed by atoms with Crippen LogP contribution in [0, 0.1) is 0 Å². The standard InChI is InChI=1S/C14H15F5N2O2.ClH/c15-13(16,17)8-10(21-5-3-20-4-6-21)9-1-2-11-12(7-9)23-14(18,19)22-11;/h1-2,7,10,20H,3-6,8H2;1H/t10-;/m1./s1. The average Bonchev–Trinajstić information content (AvgIpc) is 2.77. The molecule has 24 heavy (non-hydrogen) atoms. The number of fused-ring (bicyclic) bond motifs is 1. The summed E-state index contributed by atoms with van der Waals surface area (Å²) in [6.45, 7) is 2.06. The van der Waals surface area contributed by atoms with Crippen LogP contribution < -0.4 is 14.8 Å². The van der Waals surface area contributed by atoms with Gasteiger partial charge in [0.05, 0.1) is 6.42 Å². The first-order valence-corrected chi connectivity index (χ1v) is 7.15. The van der Waals surface area contributed by atoms with Crippen LogP contribution in [0.5, 0.6) is 11.5 Å². The van der Waals surface area contributed by atoms with Gasteiger partial charge in [-0.25, -0.2) is 0 Å². The Balaban J connectivity index is 0.00000208. The molecule has 3 rings (SSSR count). The Morgan fingerprint density at radius 3 is 2.38 bits per heavy atom. The lowest BCUT2D eigenvalue weighted by Crippen LogP contribution is -2.46. The van der Waals surface area contributed by atoms with Gasteiger partial charge in [-0.05, 0) is 17.7 Å². The fourth-order valence-corrected chi connectivity index (χ4v) is 2.84. The zero-order valence-electron chi connectivity index (χ0n) is 12.4. The van der Waals surface area contributed by atoms with Crippen LogP contribution in [-0.4, -0.2) is 43.5 Å². The van der Waals surface area contributed by atoms with Gasteiger partial charge in [0.2, 0.25) is 0 Å². The monoisotopic (exact) mass is 374 g/mol. The van der Waals surface area contributed by atoms with Gasteiger partial charge >= 0.3 is 12.5 Å². The van der Waals surface area contributed by atoms with Gasteiger partial charge in [0.15, 0.2) is 11.5 Å². The molecule has 1 saturated heterocycles. The first-order valence-electron chi connectivity index (χ1n) is 7.15. The van der Waals surface area contributed by atoms with E-state index in [1.165, 1.54) is 18.2 Å². The van der Waals surface area contributed by atoms with E-state index in [0.717, 1.165) is 0 Å². The molecule has 0 saturated carbocycles. The lowest BCUT2D eigenvalue weighted by Gasteiger charge is -2.35. The highest BCUT2D eigenvalue weighted by molar-refractivity contribution is 5.85. The van der Waals surface area contributed by atoms with Crippen molar-refractivity contribution in [2.45, 2.75) is 24.9 Å². The normalized spacial score (nSPS) is 21.2. The maximum absolute atomic E-state index is 13.1. The lowest BCUT2D eigenvalue weighted by atomic mass is 10.00. The second-order valence-corrected chi connectivity index (χ2v) is 5.49. The van der Waals surface area contributed by atoms with Crippen LogP contribution in [0.3, 0.4) is 0 Å². The van der Waals surface area contributed by atoms with Crippen LogP contribution in [0.1, 0.15) is 18.0 Å². The van der Waals surface area contributed by atoms with Crippen LogP contribution in [0.15, 0.2) is 18.2 Å². The molecular formula is C14H16ClF5N2O2. The summed E-state index contributed by atoms with van der Waals surface area (Å²) in [6.07, 6.45) is -9.20. The van der Waals surface area contributed by atoms with Gasteiger partial charge < -0.3 is 14.8 Å². The van der Waals surface area contributed by atoms with Crippen LogP contribution in [-0.2, 0) is 0 Å². The molecule has 0 unspecified atom stereocenters. The third kappa shape index (κ3) is 4.40. The largest absolute Gasteiger partial charge is 0.586 e. The van der Waals surface area contributed by atoms with Crippen LogP contribution in [0.25, 0.3) is 0 Å². The number of piperazine rings is 1. The van der Waals surface area contributed by atoms with Crippen molar-refractivity contribution in [2.24, 2.45) is 0 Å². The molecular weight excluding hydrogens is 359 g/mol. The molecule has 4 nitrogen and oxygen atoms in total. The van der Waals surface area contributed by atoms with Gasteiger partial charge in [-0.1, -0.05) is 6.07 Å². The zero-order valence-corrected chi connectivity index (χ0v) is 13.2. The van der Waals surface area contributed by atoms with E-state index >= 15 is 0 Å². The summed E-state index contributed by atoms with van der Waals surface area (Å²) in [7, 11) is 0. The summed E-state index contributed by atoms with van der Waals surface area (Å²) < 4.78 is 73.5. The Morgan fingerprint density at radius 2 is 1.75 bits per heavy atom. The third-order valence-electron chi connectivity index (χ3n) is 3.83. The number of rotatable bonds is 3. The van der Waals surface area contributed by atoms with Crippen molar-refractivity contribution >= 4 is 12.4 Å². The molecule has 2 aliphatic rings. The molecule has 2 aliphatic heterocycles. The molecule has 1 aromatic rings. The lowest BCUT2D eigenvalue weighted by molar-refractivity contribution is -0.286. The van der Waals surface area contributed by atoms with Crippen molar-refractivity contribution in [2.75, 3.05) is 26.2 Å². The Kier molecular flexibility index (Phi) is 5.46. The molecule has 0 radical (unpaired) electrons. The second-order valence-electron chi connectivity index (χ2n) is 5.49. The number of nitrogens with zero attached hydrogens (tertiary/aromatic N) is 1. The van der Waals surface area contributed by atoms with Crippen LogP contribution >= 0.6 is 12.4 Å². The van der Waals surface area contributed by atoms with Gasteiger partial charge in [-0.15, -0.1) is 21.2 Å². The molecule has 1 fully saturated rings. The van der Waals surface area contributed by atoms with Crippen molar-refractivity contribution < 1.29 is 31.4 Å². The molecule has 10 heteroatoms. The minimum absolute atomic E-state index is 0. The Hall–Kier alpha value is -1.32. The number of halogens is 6. The average molecular weight is 375 g/mol. The van der Waals surface area contributed by atoms with Crippen molar-refractivity contribution in [1.82, 2.24) is 10.2 Å². The fraction of sp³-hybridized carbons (Fsp3) is 0.571. The van der Waals surface area contributed by atoms with Gasteiger partial charge in [0, 0.05) is 32.2 Å². The van der Waals surface area contributed by atoms with E-state index < -0.39 is 24.9 Å². The number of benzene rings is 1. The number of hydrogen-bond acceptors (Lipinski definition) is 4. The Labute approximate surface area is 141 Å². The number of nitrogens with one attached hydrogen (secondary N) is 1. The second kappa shape index (κ2) is 6.89. The van der Waals surface area contributed by atoms with Crippen molar-refractivity contribution in [1.29, 1.82) is 0 Å². The molecule has 136 valence electrons. The minimum atomic E-state index is -4.37. The Bertz CT molecular complexity index is 579. The number of hydrogen-bond donors (Lipinski definition) is 1. The molecule has 0 aromatic heterocycles. The predicted octanol–water partition coefficient (Wildman–Crippen LogP) is 3.33. The van der Waals surface area contributed by atoms with E-state index in [4.69, 9.17) is 0 Å². The van der Waals surface area contributed by atoms with E-state index in [1.807, 2.05) is 0 Å². The van der Waals surface area contributed by atoms with Gasteiger partial charge in [-0.2, -0.15) is 13.2 Å². The summed E-state index contributed by atoms with van der Waals surface area (Å²) in [5.74, 6) is -0.417. The topological polar surface area (TPSA) is 33.7 Å². The van der Waals surface area contributed by atoms with Crippen LogP contribution in [0.4, 0.5) is 22.0 Å². The first-order chi connectivity index (χ1) is 10.7. The van der Waals surface area contributed by atoms with Crippen molar-refractivity contribution in [3.8, 4) is 11.5 Å². The molecule has 0 bridgehead atoms. The highest BCUT2D eigenvalue weighted by Crippen LogP contribution is 2.44. The van der Waals surface area contributed by atoms with E-state index in [2.05, 4.69) is 14.8 Å². The third-order valence-corrected chi connectivity index (χ3v) is 3.83. The first kappa shape index (κ1) is 19.0. The molecule has 1 aromatic carbocycles.